The average Bonchev–Trinajstić information content (AvgIpc) is 3.56. The highest BCUT2D eigenvalue weighted by Gasteiger charge is 2.36. The minimum Gasteiger partial charge on any atom is -0.487 e. The van der Waals surface area contributed by atoms with Crippen LogP contribution in [0.2, 0.25) is 10.0 Å². The van der Waals surface area contributed by atoms with Crippen molar-refractivity contribution in [1.29, 1.82) is 0 Å². The predicted molar refractivity (Wildman–Crippen MR) is 142 cm³/mol. The highest BCUT2D eigenvalue weighted by Crippen LogP contribution is 2.36. The van der Waals surface area contributed by atoms with Gasteiger partial charge >= 0.3 is 0 Å². The minimum absolute atomic E-state index is 0.121. The van der Waals surface area contributed by atoms with Gasteiger partial charge in [-0.2, -0.15) is 0 Å². The molecule has 1 aliphatic heterocycles. The first-order valence-electron chi connectivity index (χ1n) is 12.1. The number of aromatic nitrogens is 2. The van der Waals surface area contributed by atoms with E-state index in [1.165, 1.54) is 12.4 Å². The van der Waals surface area contributed by atoms with Crippen LogP contribution in [0.25, 0.3) is 0 Å². The molecule has 0 bridgehead atoms. The largest absolute Gasteiger partial charge is 0.487 e. The number of rotatable bonds is 8. The summed E-state index contributed by atoms with van der Waals surface area (Å²) in [7, 11) is 0. The molecule has 2 aromatic heterocycles. The molecule has 1 unspecified atom stereocenters. The number of ether oxygens (including phenoxy) is 2. The van der Waals surface area contributed by atoms with Gasteiger partial charge in [-0.1, -0.05) is 28.4 Å². The van der Waals surface area contributed by atoms with Crippen LogP contribution in [0.4, 0.5) is 5.69 Å². The zero-order valence-electron chi connectivity index (χ0n) is 20.2. The number of hydrogen-bond acceptors (Lipinski definition) is 7. The summed E-state index contributed by atoms with van der Waals surface area (Å²) >= 11 is 12.3. The molecule has 1 aromatic carbocycles. The lowest BCUT2D eigenvalue weighted by Crippen LogP contribution is -2.33. The standard InChI is InChI=1S/C27H26Cl2N4O4/c1-27(12-22(33-37-27)18-5-4-10-30-13-18)16-35-24-11-17(8-9-23(24)36-19-6-2-3-7-19)26(34)32-25-20(28)14-31-15-21(25)29/h4-5,8-11,13-15,19H,2-3,6-7,12,16H2,1H3,(H,31,32,34). The topological polar surface area (TPSA) is 94.9 Å². The van der Waals surface area contributed by atoms with Gasteiger partial charge in [0, 0.05) is 42.3 Å². The molecule has 8 nitrogen and oxygen atoms in total. The van der Waals surface area contributed by atoms with Crippen LogP contribution in [0.15, 0.2) is 60.3 Å². The summed E-state index contributed by atoms with van der Waals surface area (Å²) in [5, 5.41) is 7.50. The summed E-state index contributed by atoms with van der Waals surface area (Å²) in [6.45, 7) is 2.13. The highest BCUT2D eigenvalue weighted by molar-refractivity contribution is 6.39. The Morgan fingerprint density at radius 2 is 1.89 bits per heavy atom. The Labute approximate surface area is 224 Å². The van der Waals surface area contributed by atoms with E-state index >= 15 is 0 Å². The van der Waals surface area contributed by atoms with E-state index in [2.05, 4.69) is 20.4 Å². The summed E-state index contributed by atoms with van der Waals surface area (Å²) < 4.78 is 12.5. The third kappa shape index (κ3) is 5.97. The molecule has 10 heteroatoms. The summed E-state index contributed by atoms with van der Waals surface area (Å²) in [5.41, 5.74) is 1.68. The van der Waals surface area contributed by atoms with Crippen molar-refractivity contribution in [3.05, 3.63) is 76.3 Å². The molecule has 0 spiro atoms. The first-order chi connectivity index (χ1) is 17.9. The molecule has 1 fully saturated rings. The molecule has 1 saturated carbocycles. The molecular weight excluding hydrogens is 515 g/mol. The summed E-state index contributed by atoms with van der Waals surface area (Å²) in [4.78, 5) is 26.9. The fraction of sp³-hybridized carbons (Fsp3) is 0.333. The zero-order chi connectivity index (χ0) is 25.8. The van der Waals surface area contributed by atoms with Gasteiger partial charge in [0.05, 0.1) is 27.5 Å². The van der Waals surface area contributed by atoms with Gasteiger partial charge in [-0.15, -0.1) is 0 Å². The summed E-state index contributed by atoms with van der Waals surface area (Å²) in [5.74, 6) is 0.641. The molecule has 1 aliphatic carbocycles. The Balaban J connectivity index is 1.34. The van der Waals surface area contributed by atoms with E-state index in [9.17, 15) is 4.79 Å². The van der Waals surface area contributed by atoms with Gasteiger partial charge in [0.1, 0.15) is 6.61 Å². The number of pyridine rings is 2. The Morgan fingerprint density at radius 1 is 1.11 bits per heavy atom. The van der Waals surface area contributed by atoms with Gasteiger partial charge in [0.25, 0.3) is 5.91 Å². The van der Waals surface area contributed by atoms with E-state index in [4.69, 9.17) is 37.5 Å². The van der Waals surface area contributed by atoms with Crippen molar-refractivity contribution in [2.24, 2.45) is 5.16 Å². The van der Waals surface area contributed by atoms with Gasteiger partial charge in [0.2, 0.25) is 0 Å². The van der Waals surface area contributed by atoms with Crippen LogP contribution in [0.5, 0.6) is 11.5 Å². The predicted octanol–water partition coefficient (Wildman–Crippen LogP) is 6.32. The normalized spacial score (nSPS) is 19.3. The maximum absolute atomic E-state index is 13.1. The second-order valence-corrected chi connectivity index (χ2v) is 10.2. The van der Waals surface area contributed by atoms with Crippen LogP contribution in [0.3, 0.4) is 0 Å². The number of oxime groups is 1. The van der Waals surface area contributed by atoms with Crippen LogP contribution in [-0.2, 0) is 4.84 Å². The van der Waals surface area contributed by atoms with E-state index in [0.717, 1.165) is 37.0 Å². The molecule has 1 atom stereocenters. The Morgan fingerprint density at radius 3 is 2.62 bits per heavy atom. The lowest BCUT2D eigenvalue weighted by molar-refractivity contribution is -0.0363. The van der Waals surface area contributed by atoms with Crippen LogP contribution in [-0.4, -0.2) is 39.9 Å². The SMILES string of the molecule is CC1(COc2cc(C(=O)Nc3c(Cl)cncc3Cl)ccc2OC2CCCC2)CC(c2cccnc2)=NO1. The molecule has 1 N–H and O–H groups in total. The average molecular weight is 541 g/mol. The van der Waals surface area contributed by atoms with E-state index in [1.807, 2.05) is 19.1 Å². The number of anilines is 1. The number of amides is 1. The lowest BCUT2D eigenvalue weighted by atomic mass is 9.97. The number of carbonyl (C=O) groups is 1. The first kappa shape index (κ1) is 25.3. The zero-order valence-corrected chi connectivity index (χ0v) is 21.8. The third-order valence-corrected chi connectivity index (χ3v) is 6.91. The van der Waals surface area contributed by atoms with Crippen LogP contribution in [0, 0.1) is 0 Å². The number of nitrogens with one attached hydrogen (secondary N) is 1. The molecule has 37 heavy (non-hydrogen) atoms. The molecule has 0 saturated heterocycles. The Hall–Kier alpha value is -3.36. The van der Waals surface area contributed by atoms with Crippen molar-refractivity contribution in [2.45, 2.75) is 50.7 Å². The quantitative estimate of drug-likeness (QED) is 0.359. The van der Waals surface area contributed by atoms with Gasteiger partial charge in [-0.3, -0.25) is 14.8 Å². The first-order valence-corrected chi connectivity index (χ1v) is 12.9. The maximum Gasteiger partial charge on any atom is 0.255 e. The van der Waals surface area contributed by atoms with Crippen LogP contribution < -0.4 is 14.8 Å². The van der Waals surface area contributed by atoms with Crippen molar-refractivity contribution in [1.82, 2.24) is 9.97 Å². The Bertz CT molecular complexity index is 1290. The van der Waals surface area contributed by atoms with Gasteiger partial charge in [-0.05, 0) is 62.9 Å². The van der Waals surface area contributed by atoms with E-state index in [-0.39, 0.29) is 22.8 Å². The monoisotopic (exact) mass is 540 g/mol. The van der Waals surface area contributed by atoms with Crippen molar-refractivity contribution in [3.8, 4) is 11.5 Å². The summed E-state index contributed by atoms with van der Waals surface area (Å²) in [6, 6.07) is 8.91. The summed E-state index contributed by atoms with van der Waals surface area (Å²) in [6.07, 6.45) is 11.2. The number of hydrogen-bond donors (Lipinski definition) is 1. The van der Waals surface area contributed by atoms with Crippen molar-refractivity contribution in [3.63, 3.8) is 0 Å². The second kappa shape index (κ2) is 10.9. The van der Waals surface area contributed by atoms with Gasteiger partial charge in [-0.25, -0.2) is 0 Å². The molecule has 3 aromatic rings. The van der Waals surface area contributed by atoms with Crippen molar-refractivity contribution in [2.75, 3.05) is 11.9 Å². The number of nitrogens with zero attached hydrogens (tertiary/aromatic N) is 3. The van der Waals surface area contributed by atoms with E-state index in [0.29, 0.717) is 29.2 Å². The lowest BCUT2D eigenvalue weighted by Gasteiger charge is -2.23. The third-order valence-electron chi connectivity index (χ3n) is 6.34. The minimum atomic E-state index is -0.688. The molecular formula is C27H26Cl2N4O4. The van der Waals surface area contributed by atoms with Gasteiger partial charge < -0.3 is 19.6 Å². The fourth-order valence-electron chi connectivity index (χ4n) is 4.34. The molecule has 0 radical (unpaired) electrons. The second-order valence-electron chi connectivity index (χ2n) is 9.40. The molecule has 192 valence electrons. The van der Waals surface area contributed by atoms with E-state index < -0.39 is 11.5 Å². The van der Waals surface area contributed by atoms with E-state index in [1.54, 1.807) is 30.6 Å². The molecule has 5 rings (SSSR count). The smallest absolute Gasteiger partial charge is 0.255 e. The number of carbonyl (C=O) groups excluding carboxylic acids is 1. The van der Waals surface area contributed by atoms with Crippen molar-refractivity contribution >= 4 is 40.5 Å². The van der Waals surface area contributed by atoms with Crippen LogP contribution in [0.1, 0.15) is 54.9 Å². The highest BCUT2D eigenvalue weighted by atomic mass is 35.5. The Kier molecular flexibility index (Phi) is 7.48. The van der Waals surface area contributed by atoms with Gasteiger partial charge in [0.15, 0.2) is 17.1 Å². The molecule has 2 aliphatic rings. The fourth-order valence-corrected chi connectivity index (χ4v) is 4.80. The van der Waals surface area contributed by atoms with Crippen molar-refractivity contribution < 1.29 is 19.1 Å². The van der Waals surface area contributed by atoms with Crippen LogP contribution >= 0.6 is 23.2 Å². The maximum atomic E-state index is 13.1. The molecule has 1 amide bonds. The molecule has 3 heterocycles. The number of halogens is 2. The number of benzene rings is 1.